The van der Waals surface area contributed by atoms with Crippen LogP contribution in [0.15, 0.2) is 16.6 Å². The summed E-state index contributed by atoms with van der Waals surface area (Å²) in [7, 11) is 0. The summed E-state index contributed by atoms with van der Waals surface area (Å²) in [4.78, 5) is 13.8. The third kappa shape index (κ3) is 3.23. The average Bonchev–Trinajstić information content (AvgIpc) is 2.38. The number of fused-ring (bicyclic) bond motifs is 1. The highest BCUT2D eigenvalue weighted by molar-refractivity contribution is 9.10. The predicted octanol–water partition coefficient (Wildman–Crippen LogP) is 1.98. The van der Waals surface area contributed by atoms with Crippen LogP contribution in [-0.2, 0) is 4.79 Å². The van der Waals surface area contributed by atoms with Crippen LogP contribution >= 0.6 is 15.9 Å². The summed E-state index contributed by atoms with van der Waals surface area (Å²) >= 11 is 3.50. The van der Waals surface area contributed by atoms with Crippen molar-refractivity contribution in [3.05, 3.63) is 22.2 Å². The van der Waals surface area contributed by atoms with E-state index in [-0.39, 0.29) is 25.1 Å². The summed E-state index contributed by atoms with van der Waals surface area (Å²) in [6.07, 6.45) is 0.0202. The van der Waals surface area contributed by atoms with E-state index in [4.69, 9.17) is 10.00 Å². The SMILES string of the molecule is Cc1cc2c(cc1Br)N(CC(=O)NCC#N)C[C@@H](C)O2. The fourth-order valence-corrected chi connectivity index (χ4v) is 2.50. The highest BCUT2D eigenvalue weighted by Crippen LogP contribution is 2.37. The van der Waals surface area contributed by atoms with Crippen LogP contribution in [0.4, 0.5) is 5.69 Å². The van der Waals surface area contributed by atoms with Gasteiger partial charge in [0.05, 0.1) is 24.8 Å². The zero-order chi connectivity index (χ0) is 14.7. The zero-order valence-electron chi connectivity index (χ0n) is 11.4. The number of hydrogen-bond acceptors (Lipinski definition) is 4. The third-order valence-corrected chi connectivity index (χ3v) is 3.94. The number of carbonyl (C=O) groups is 1. The van der Waals surface area contributed by atoms with Crippen molar-refractivity contribution in [2.45, 2.75) is 20.0 Å². The van der Waals surface area contributed by atoms with Crippen LogP contribution in [0.1, 0.15) is 12.5 Å². The van der Waals surface area contributed by atoms with E-state index in [1.807, 2.05) is 36.9 Å². The standard InChI is InChI=1S/C14H16BrN3O2/c1-9-5-13-12(6-11(9)15)18(7-10(2)20-13)8-14(19)17-4-3-16/h5-6,10H,4,7-8H2,1-2H3,(H,17,19)/t10-/m1/s1. The smallest absolute Gasteiger partial charge is 0.240 e. The highest BCUT2D eigenvalue weighted by atomic mass is 79.9. The summed E-state index contributed by atoms with van der Waals surface area (Å²) in [6.45, 7) is 4.86. The van der Waals surface area contributed by atoms with Gasteiger partial charge in [-0.25, -0.2) is 0 Å². The minimum absolute atomic E-state index is 0.0202. The molecule has 0 spiro atoms. The molecule has 0 bridgehead atoms. The van der Waals surface area contributed by atoms with Crippen molar-refractivity contribution in [2.75, 3.05) is 24.5 Å². The maximum Gasteiger partial charge on any atom is 0.240 e. The maximum atomic E-state index is 11.8. The molecular weight excluding hydrogens is 322 g/mol. The summed E-state index contributed by atoms with van der Waals surface area (Å²) in [5.74, 6) is 0.626. The number of amides is 1. The Balaban J connectivity index is 2.21. The predicted molar refractivity (Wildman–Crippen MR) is 79.8 cm³/mol. The Labute approximate surface area is 126 Å². The molecule has 1 aliphatic heterocycles. The molecule has 0 fully saturated rings. The lowest BCUT2D eigenvalue weighted by atomic mass is 10.1. The molecule has 1 atom stereocenters. The average molecular weight is 338 g/mol. The second kappa shape index (κ2) is 6.14. The molecule has 0 aromatic heterocycles. The van der Waals surface area contributed by atoms with Gasteiger partial charge < -0.3 is 15.0 Å². The van der Waals surface area contributed by atoms with Gasteiger partial charge in [-0.2, -0.15) is 5.26 Å². The molecule has 2 rings (SSSR count). The number of anilines is 1. The minimum Gasteiger partial charge on any atom is -0.487 e. The van der Waals surface area contributed by atoms with E-state index >= 15 is 0 Å². The number of halogens is 1. The van der Waals surface area contributed by atoms with Crippen molar-refractivity contribution in [2.24, 2.45) is 0 Å². The Hall–Kier alpha value is -1.74. The van der Waals surface area contributed by atoms with Crippen LogP contribution in [0.2, 0.25) is 0 Å². The number of nitrogens with zero attached hydrogens (tertiary/aromatic N) is 2. The lowest BCUT2D eigenvalue weighted by Crippen LogP contribution is -2.44. The second-order valence-electron chi connectivity index (χ2n) is 4.81. The number of hydrogen-bond donors (Lipinski definition) is 1. The molecule has 1 N–H and O–H groups in total. The number of nitrogens with one attached hydrogen (secondary N) is 1. The fourth-order valence-electron chi connectivity index (χ4n) is 2.17. The Morgan fingerprint density at radius 1 is 1.65 bits per heavy atom. The normalized spacial score (nSPS) is 16.9. The molecule has 0 saturated heterocycles. The summed E-state index contributed by atoms with van der Waals surface area (Å²) in [5.41, 5.74) is 1.99. The molecule has 106 valence electrons. The van der Waals surface area contributed by atoms with Gasteiger partial charge >= 0.3 is 0 Å². The number of carbonyl (C=O) groups excluding carboxylic acids is 1. The van der Waals surface area contributed by atoms with Crippen molar-refractivity contribution in [1.82, 2.24) is 5.32 Å². The van der Waals surface area contributed by atoms with Crippen molar-refractivity contribution < 1.29 is 9.53 Å². The van der Waals surface area contributed by atoms with Gasteiger partial charge in [-0.05, 0) is 31.5 Å². The van der Waals surface area contributed by atoms with Gasteiger partial charge in [0.2, 0.25) is 5.91 Å². The lowest BCUT2D eigenvalue weighted by Gasteiger charge is -2.35. The van der Waals surface area contributed by atoms with Gasteiger partial charge in [0, 0.05) is 4.47 Å². The van der Waals surface area contributed by atoms with Crippen LogP contribution in [0.3, 0.4) is 0 Å². The Morgan fingerprint density at radius 3 is 3.10 bits per heavy atom. The first-order valence-electron chi connectivity index (χ1n) is 6.36. The molecule has 5 nitrogen and oxygen atoms in total. The van der Waals surface area contributed by atoms with E-state index in [9.17, 15) is 4.79 Å². The first-order valence-corrected chi connectivity index (χ1v) is 7.16. The molecule has 0 saturated carbocycles. The van der Waals surface area contributed by atoms with E-state index in [0.29, 0.717) is 6.54 Å². The molecule has 1 aromatic carbocycles. The first kappa shape index (κ1) is 14.7. The van der Waals surface area contributed by atoms with E-state index in [2.05, 4.69) is 21.2 Å². The van der Waals surface area contributed by atoms with Crippen molar-refractivity contribution in [3.8, 4) is 11.8 Å². The molecule has 0 aliphatic carbocycles. The largest absolute Gasteiger partial charge is 0.487 e. The molecule has 6 heteroatoms. The van der Waals surface area contributed by atoms with Crippen LogP contribution in [0.5, 0.6) is 5.75 Å². The number of rotatable bonds is 3. The maximum absolute atomic E-state index is 11.8. The molecule has 20 heavy (non-hydrogen) atoms. The quantitative estimate of drug-likeness (QED) is 0.856. The molecule has 0 unspecified atom stereocenters. The first-order chi connectivity index (χ1) is 9.51. The van der Waals surface area contributed by atoms with Gasteiger partial charge in [0.1, 0.15) is 18.4 Å². The van der Waals surface area contributed by atoms with Crippen LogP contribution in [0.25, 0.3) is 0 Å². The third-order valence-electron chi connectivity index (χ3n) is 3.09. The van der Waals surface area contributed by atoms with Gasteiger partial charge in [-0.1, -0.05) is 15.9 Å². The minimum atomic E-state index is -0.164. The molecule has 0 radical (unpaired) electrons. The number of ether oxygens (including phenoxy) is 1. The summed E-state index contributed by atoms with van der Waals surface area (Å²) in [6, 6.07) is 5.83. The Morgan fingerprint density at radius 2 is 2.40 bits per heavy atom. The van der Waals surface area contributed by atoms with E-state index in [1.54, 1.807) is 0 Å². The number of benzene rings is 1. The van der Waals surface area contributed by atoms with Crippen LogP contribution in [0, 0.1) is 18.3 Å². The van der Waals surface area contributed by atoms with Crippen LogP contribution < -0.4 is 15.0 Å². The van der Waals surface area contributed by atoms with E-state index in [1.165, 1.54) is 0 Å². The molecule has 1 aliphatic rings. The topological polar surface area (TPSA) is 65.4 Å². The monoisotopic (exact) mass is 337 g/mol. The van der Waals surface area contributed by atoms with Crippen molar-refractivity contribution >= 4 is 27.5 Å². The number of nitriles is 1. The summed E-state index contributed by atoms with van der Waals surface area (Å²) in [5, 5.41) is 11.0. The highest BCUT2D eigenvalue weighted by Gasteiger charge is 2.25. The molecular formula is C14H16BrN3O2. The van der Waals surface area contributed by atoms with Gasteiger partial charge in [0.15, 0.2) is 0 Å². The number of aryl methyl sites for hydroxylation is 1. The van der Waals surface area contributed by atoms with Gasteiger partial charge in [-0.3, -0.25) is 4.79 Å². The second-order valence-corrected chi connectivity index (χ2v) is 5.67. The van der Waals surface area contributed by atoms with Crippen molar-refractivity contribution in [1.29, 1.82) is 5.26 Å². The Kier molecular flexibility index (Phi) is 4.50. The van der Waals surface area contributed by atoms with Gasteiger partial charge in [-0.15, -0.1) is 0 Å². The molecule has 1 aromatic rings. The van der Waals surface area contributed by atoms with Crippen molar-refractivity contribution in [3.63, 3.8) is 0 Å². The van der Waals surface area contributed by atoms with Crippen LogP contribution in [-0.4, -0.2) is 31.6 Å². The summed E-state index contributed by atoms with van der Waals surface area (Å²) < 4.78 is 6.80. The molecule has 1 heterocycles. The lowest BCUT2D eigenvalue weighted by molar-refractivity contribution is -0.119. The Bertz CT molecular complexity index is 568. The fraction of sp³-hybridized carbons (Fsp3) is 0.429. The zero-order valence-corrected chi connectivity index (χ0v) is 13.0. The molecule has 1 amide bonds. The van der Waals surface area contributed by atoms with E-state index < -0.39 is 0 Å². The van der Waals surface area contributed by atoms with E-state index in [0.717, 1.165) is 21.5 Å². The van der Waals surface area contributed by atoms with Gasteiger partial charge in [0.25, 0.3) is 0 Å².